The summed E-state index contributed by atoms with van der Waals surface area (Å²) in [7, 11) is -2.93. The highest BCUT2D eigenvalue weighted by atomic mass is 31.2. The molecule has 1 unspecified atom stereocenters. The molecular formula is C12H19O2P. The van der Waals surface area contributed by atoms with E-state index in [-0.39, 0.29) is 6.16 Å². The van der Waals surface area contributed by atoms with E-state index in [4.69, 9.17) is 0 Å². The summed E-state index contributed by atoms with van der Waals surface area (Å²) >= 11 is 0. The summed E-state index contributed by atoms with van der Waals surface area (Å²) in [5.74, 6) is 0.644. The molecule has 15 heavy (non-hydrogen) atoms. The Morgan fingerprint density at radius 3 is 2.07 bits per heavy atom. The van der Waals surface area contributed by atoms with Crippen LogP contribution in [-0.4, -0.2) is 11.6 Å². The molecule has 3 heteroatoms. The minimum absolute atomic E-state index is 0.273. The van der Waals surface area contributed by atoms with Crippen molar-refractivity contribution < 1.29 is 9.46 Å². The average Bonchev–Trinajstić information content (AvgIpc) is 2.05. The van der Waals surface area contributed by atoms with Crippen LogP contribution in [0.2, 0.25) is 0 Å². The minimum atomic E-state index is -2.93. The van der Waals surface area contributed by atoms with Crippen LogP contribution in [0.1, 0.15) is 25.0 Å². The van der Waals surface area contributed by atoms with Crippen LogP contribution >= 0.6 is 7.37 Å². The molecule has 0 saturated carbocycles. The van der Waals surface area contributed by atoms with Crippen molar-refractivity contribution in [3.63, 3.8) is 0 Å². The largest absolute Gasteiger partial charge is 0.344 e. The van der Waals surface area contributed by atoms with E-state index in [0.29, 0.717) is 5.92 Å². The Morgan fingerprint density at radius 2 is 1.67 bits per heavy atom. The van der Waals surface area contributed by atoms with E-state index in [1.165, 1.54) is 12.2 Å². The van der Waals surface area contributed by atoms with Gasteiger partial charge >= 0.3 is 0 Å². The molecule has 0 bridgehead atoms. The van der Waals surface area contributed by atoms with Gasteiger partial charge in [0.2, 0.25) is 7.37 Å². The Kier molecular flexibility index (Phi) is 4.12. The minimum Gasteiger partial charge on any atom is -0.344 e. The first-order chi connectivity index (χ1) is 6.87. The molecule has 1 aromatic rings. The summed E-state index contributed by atoms with van der Waals surface area (Å²) in [6.07, 6.45) is 1.33. The van der Waals surface area contributed by atoms with E-state index >= 15 is 0 Å². The monoisotopic (exact) mass is 226 g/mol. The van der Waals surface area contributed by atoms with E-state index in [0.717, 1.165) is 12.0 Å². The molecule has 0 heterocycles. The summed E-state index contributed by atoms with van der Waals surface area (Å²) in [5, 5.41) is 0. The van der Waals surface area contributed by atoms with Crippen LogP contribution in [0.25, 0.3) is 0 Å². The van der Waals surface area contributed by atoms with Gasteiger partial charge in [-0.3, -0.25) is 4.57 Å². The summed E-state index contributed by atoms with van der Waals surface area (Å²) in [5.41, 5.74) is 2.23. The molecule has 0 aliphatic heterocycles. The summed E-state index contributed by atoms with van der Waals surface area (Å²) in [4.78, 5) is 9.24. The smallest absolute Gasteiger partial charge is 0.201 e. The predicted molar refractivity (Wildman–Crippen MR) is 64.4 cm³/mol. The third kappa shape index (κ3) is 5.15. The quantitative estimate of drug-likeness (QED) is 0.800. The standard InChI is InChI=1S/C12H19O2P/c1-10(2)8-11-4-6-12(7-5-11)9-15(3,13)14/h4-7,10H,8-9H2,1-3H3,(H,13,14). The van der Waals surface area contributed by atoms with Crippen LogP contribution < -0.4 is 0 Å². The van der Waals surface area contributed by atoms with Crippen molar-refractivity contribution in [2.45, 2.75) is 26.4 Å². The molecule has 1 N–H and O–H groups in total. The average molecular weight is 226 g/mol. The van der Waals surface area contributed by atoms with Crippen molar-refractivity contribution in [2.75, 3.05) is 6.66 Å². The molecule has 0 amide bonds. The highest BCUT2D eigenvalue weighted by molar-refractivity contribution is 7.56. The molecule has 1 atom stereocenters. The van der Waals surface area contributed by atoms with Gasteiger partial charge in [0.05, 0.1) is 0 Å². The molecule has 2 nitrogen and oxygen atoms in total. The van der Waals surface area contributed by atoms with Crippen molar-refractivity contribution >= 4 is 7.37 Å². The normalized spacial score (nSPS) is 15.3. The zero-order chi connectivity index (χ0) is 11.5. The second kappa shape index (κ2) is 4.96. The van der Waals surface area contributed by atoms with Gasteiger partial charge < -0.3 is 4.89 Å². The van der Waals surface area contributed by atoms with Gasteiger partial charge in [-0.15, -0.1) is 0 Å². The van der Waals surface area contributed by atoms with Gasteiger partial charge in [-0.05, 0) is 23.5 Å². The van der Waals surface area contributed by atoms with E-state index in [2.05, 4.69) is 13.8 Å². The maximum atomic E-state index is 11.2. The van der Waals surface area contributed by atoms with Crippen LogP contribution in [0, 0.1) is 5.92 Å². The molecule has 0 spiro atoms. The fourth-order valence-electron chi connectivity index (χ4n) is 1.59. The molecule has 1 rings (SSSR count). The molecular weight excluding hydrogens is 207 g/mol. The Balaban J connectivity index is 2.68. The third-order valence-corrected chi connectivity index (χ3v) is 3.09. The SMILES string of the molecule is CC(C)Cc1ccc(CP(C)(=O)O)cc1. The van der Waals surface area contributed by atoms with E-state index in [9.17, 15) is 9.46 Å². The Morgan fingerprint density at radius 1 is 1.20 bits per heavy atom. The Bertz CT molecular complexity index is 348. The number of hydrogen-bond donors (Lipinski definition) is 1. The molecule has 1 aromatic carbocycles. The van der Waals surface area contributed by atoms with Crippen molar-refractivity contribution in [1.29, 1.82) is 0 Å². The molecule has 0 radical (unpaired) electrons. The van der Waals surface area contributed by atoms with Crippen LogP contribution in [0.3, 0.4) is 0 Å². The van der Waals surface area contributed by atoms with Gasteiger partial charge in [0.15, 0.2) is 0 Å². The van der Waals surface area contributed by atoms with Gasteiger partial charge in [0, 0.05) is 12.8 Å². The first-order valence-corrected chi connectivity index (χ1v) is 7.53. The van der Waals surface area contributed by atoms with Gasteiger partial charge in [0.25, 0.3) is 0 Å². The van der Waals surface area contributed by atoms with Gasteiger partial charge in [0.1, 0.15) is 0 Å². The lowest BCUT2D eigenvalue weighted by atomic mass is 10.0. The summed E-state index contributed by atoms with van der Waals surface area (Å²) in [6.45, 7) is 5.76. The molecule has 0 fully saturated rings. The molecule has 84 valence electrons. The van der Waals surface area contributed by atoms with Crippen molar-refractivity contribution in [3.05, 3.63) is 35.4 Å². The number of rotatable bonds is 4. The highest BCUT2D eigenvalue weighted by Gasteiger charge is 2.10. The Hall–Kier alpha value is -0.590. The maximum Gasteiger partial charge on any atom is 0.201 e. The van der Waals surface area contributed by atoms with Crippen molar-refractivity contribution in [2.24, 2.45) is 5.92 Å². The third-order valence-electron chi connectivity index (χ3n) is 2.14. The fraction of sp³-hybridized carbons (Fsp3) is 0.500. The van der Waals surface area contributed by atoms with Gasteiger partial charge in [-0.2, -0.15) is 0 Å². The van der Waals surface area contributed by atoms with E-state index < -0.39 is 7.37 Å². The molecule has 0 aliphatic carbocycles. The molecule has 0 aliphatic rings. The first-order valence-electron chi connectivity index (χ1n) is 5.24. The number of hydrogen-bond acceptors (Lipinski definition) is 1. The zero-order valence-corrected chi connectivity index (χ0v) is 10.5. The molecule has 0 aromatic heterocycles. The van der Waals surface area contributed by atoms with Gasteiger partial charge in [-0.1, -0.05) is 38.1 Å². The maximum absolute atomic E-state index is 11.2. The highest BCUT2D eigenvalue weighted by Crippen LogP contribution is 2.39. The number of benzene rings is 1. The van der Waals surface area contributed by atoms with E-state index in [1.54, 1.807) is 0 Å². The molecule has 0 saturated heterocycles. The topological polar surface area (TPSA) is 37.3 Å². The van der Waals surface area contributed by atoms with Gasteiger partial charge in [-0.25, -0.2) is 0 Å². The first kappa shape index (κ1) is 12.5. The van der Waals surface area contributed by atoms with Crippen molar-refractivity contribution in [1.82, 2.24) is 0 Å². The van der Waals surface area contributed by atoms with Crippen molar-refractivity contribution in [3.8, 4) is 0 Å². The lowest BCUT2D eigenvalue weighted by Crippen LogP contribution is -1.94. The van der Waals surface area contributed by atoms with E-state index in [1.807, 2.05) is 24.3 Å². The summed E-state index contributed by atoms with van der Waals surface area (Å²) < 4.78 is 11.2. The van der Waals surface area contributed by atoms with Crippen LogP contribution in [0.5, 0.6) is 0 Å². The second-order valence-corrected chi connectivity index (χ2v) is 7.04. The summed E-state index contributed by atoms with van der Waals surface area (Å²) in [6, 6.07) is 7.99. The van der Waals surface area contributed by atoms with Crippen LogP contribution in [-0.2, 0) is 17.1 Å². The predicted octanol–water partition coefficient (Wildman–Crippen LogP) is 3.29. The van der Waals surface area contributed by atoms with Crippen LogP contribution in [0.4, 0.5) is 0 Å². The van der Waals surface area contributed by atoms with Crippen LogP contribution in [0.15, 0.2) is 24.3 Å². The zero-order valence-electron chi connectivity index (χ0n) is 9.60. The Labute approximate surface area is 91.8 Å². The lowest BCUT2D eigenvalue weighted by Gasteiger charge is -2.08. The lowest BCUT2D eigenvalue weighted by molar-refractivity contribution is 0.484. The second-order valence-electron chi connectivity index (χ2n) is 4.62. The fourth-order valence-corrected chi connectivity index (χ4v) is 2.48.